The summed E-state index contributed by atoms with van der Waals surface area (Å²) in [4.78, 5) is 24.9. The summed E-state index contributed by atoms with van der Waals surface area (Å²) in [5.74, 6) is -1.44. The van der Waals surface area contributed by atoms with Crippen LogP contribution in [0.4, 0.5) is 10.1 Å². The van der Waals surface area contributed by atoms with E-state index in [1.807, 2.05) is 0 Å². The smallest absolute Gasteiger partial charge is 0.335 e. The van der Waals surface area contributed by atoms with Gasteiger partial charge in [-0.25, -0.2) is 9.18 Å². The molecule has 0 unspecified atom stereocenters. The molecule has 1 amide bonds. The van der Waals surface area contributed by atoms with Gasteiger partial charge in [0.25, 0.3) is 5.91 Å². The van der Waals surface area contributed by atoms with E-state index in [2.05, 4.69) is 0 Å². The number of ether oxygens (including phenoxy) is 1. The van der Waals surface area contributed by atoms with Crippen molar-refractivity contribution < 1.29 is 23.8 Å². The molecule has 0 saturated carbocycles. The summed E-state index contributed by atoms with van der Waals surface area (Å²) in [5, 5.41) is 8.87. The van der Waals surface area contributed by atoms with Crippen molar-refractivity contribution >= 4 is 17.6 Å². The second-order valence-electron chi connectivity index (χ2n) is 4.80. The first-order chi connectivity index (χ1) is 10.6. The summed E-state index contributed by atoms with van der Waals surface area (Å²) < 4.78 is 18.6. The van der Waals surface area contributed by atoms with Crippen molar-refractivity contribution in [1.82, 2.24) is 0 Å². The van der Waals surface area contributed by atoms with E-state index < -0.39 is 11.8 Å². The third kappa shape index (κ3) is 2.50. The maximum atomic E-state index is 13.2. The molecule has 2 aromatic rings. The van der Waals surface area contributed by atoms with Crippen molar-refractivity contribution in [2.45, 2.75) is 0 Å². The maximum absolute atomic E-state index is 13.2. The molecule has 6 heteroatoms. The fourth-order valence-electron chi connectivity index (χ4n) is 2.32. The zero-order chi connectivity index (χ0) is 15.7. The molecule has 0 atom stereocenters. The Bertz CT molecular complexity index is 742. The van der Waals surface area contributed by atoms with Crippen molar-refractivity contribution in [2.24, 2.45) is 0 Å². The molecule has 22 heavy (non-hydrogen) atoms. The normalized spacial score (nSPS) is 13.2. The molecule has 1 N–H and O–H groups in total. The average molecular weight is 301 g/mol. The van der Waals surface area contributed by atoms with Crippen LogP contribution in [-0.4, -0.2) is 30.1 Å². The third-order valence-corrected chi connectivity index (χ3v) is 3.41. The number of carboxylic acids is 1. The molecule has 0 saturated heterocycles. The average Bonchev–Trinajstić information content (AvgIpc) is 2.53. The standard InChI is InChI=1S/C16H12FNO4/c17-12-5-6-13-14(9-12)22-8-7-18(13)15(19)10-1-3-11(4-2-10)16(20)21/h1-6,9H,7-8H2,(H,20,21). The lowest BCUT2D eigenvalue weighted by molar-refractivity contribution is 0.0696. The molecule has 0 spiro atoms. The minimum atomic E-state index is -1.05. The first kappa shape index (κ1) is 14.1. The molecule has 5 nitrogen and oxygen atoms in total. The van der Waals surface area contributed by atoms with Crippen LogP contribution >= 0.6 is 0 Å². The zero-order valence-corrected chi connectivity index (χ0v) is 11.5. The Labute approximate surface area is 125 Å². The molecule has 0 radical (unpaired) electrons. The molecular formula is C16H12FNO4. The van der Waals surface area contributed by atoms with Gasteiger partial charge in [-0.1, -0.05) is 0 Å². The summed E-state index contributed by atoms with van der Waals surface area (Å²) in [7, 11) is 0. The predicted octanol–water partition coefficient (Wildman–Crippen LogP) is 2.56. The van der Waals surface area contributed by atoms with Crippen LogP contribution in [0.3, 0.4) is 0 Å². The lowest BCUT2D eigenvalue weighted by Gasteiger charge is -2.29. The first-order valence-corrected chi connectivity index (χ1v) is 6.64. The van der Waals surface area contributed by atoms with Crippen molar-refractivity contribution in [3.63, 3.8) is 0 Å². The molecule has 1 aliphatic heterocycles. The predicted molar refractivity (Wildman–Crippen MR) is 77.0 cm³/mol. The Morgan fingerprint density at radius 3 is 2.45 bits per heavy atom. The van der Waals surface area contributed by atoms with Gasteiger partial charge in [0.05, 0.1) is 17.8 Å². The summed E-state index contributed by atoms with van der Waals surface area (Å²) in [6.45, 7) is 0.619. The largest absolute Gasteiger partial charge is 0.489 e. The van der Waals surface area contributed by atoms with Crippen molar-refractivity contribution in [1.29, 1.82) is 0 Å². The number of hydrogen-bond acceptors (Lipinski definition) is 3. The van der Waals surface area contributed by atoms with Crippen LogP contribution in [0.1, 0.15) is 20.7 Å². The number of carbonyl (C=O) groups excluding carboxylic acids is 1. The van der Waals surface area contributed by atoms with E-state index in [-0.39, 0.29) is 18.1 Å². The number of anilines is 1. The molecule has 112 valence electrons. The molecule has 1 aliphatic rings. The topological polar surface area (TPSA) is 66.8 Å². The van der Waals surface area contributed by atoms with E-state index in [9.17, 15) is 14.0 Å². The van der Waals surface area contributed by atoms with Gasteiger partial charge in [0.1, 0.15) is 18.2 Å². The maximum Gasteiger partial charge on any atom is 0.335 e. The number of hydrogen-bond donors (Lipinski definition) is 1. The van der Waals surface area contributed by atoms with E-state index in [0.717, 1.165) is 0 Å². The Morgan fingerprint density at radius 1 is 1.09 bits per heavy atom. The number of aromatic carboxylic acids is 1. The minimum Gasteiger partial charge on any atom is -0.489 e. The van der Waals surface area contributed by atoms with Crippen LogP contribution in [0, 0.1) is 5.82 Å². The third-order valence-electron chi connectivity index (χ3n) is 3.41. The van der Waals surface area contributed by atoms with Gasteiger partial charge in [-0.05, 0) is 36.4 Å². The van der Waals surface area contributed by atoms with Gasteiger partial charge in [-0.2, -0.15) is 0 Å². The van der Waals surface area contributed by atoms with E-state index in [0.29, 0.717) is 23.5 Å². The monoisotopic (exact) mass is 301 g/mol. The lowest BCUT2D eigenvalue weighted by Crippen LogP contribution is -2.38. The van der Waals surface area contributed by atoms with Crippen LogP contribution in [0.25, 0.3) is 0 Å². The minimum absolute atomic E-state index is 0.112. The van der Waals surface area contributed by atoms with Crippen LogP contribution in [-0.2, 0) is 0 Å². The van der Waals surface area contributed by atoms with Crippen LogP contribution in [0.2, 0.25) is 0 Å². The van der Waals surface area contributed by atoms with Crippen molar-refractivity contribution in [3.8, 4) is 5.75 Å². The SMILES string of the molecule is O=C(O)c1ccc(C(=O)N2CCOc3cc(F)ccc32)cc1. The Morgan fingerprint density at radius 2 is 1.77 bits per heavy atom. The quantitative estimate of drug-likeness (QED) is 0.925. The summed E-state index contributed by atoms with van der Waals surface area (Å²) in [5.41, 5.74) is 0.975. The summed E-state index contributed by atoms with van der Waals surface area (Å²) in [6, 6.07) is 9.68. The van der Waals surface area contributed by atoms with E-state index in [1.165, 1.54) is 47.4 Å². The van der Waals surface area contributed by atoms with E-state index in [1.54, 1.807) is 0 Å². The van der Waals surface area contributed by atoms with Gasteiger partial charge < -0.3 is 14.7 Å². The van der Waals surface area contributed by atoms with Crippen molar-refractivity contribution in [2.75, 3.05) is 18.1 Å². The Kier molecular flexibility index (Phi) is 3.50. The van der Waals surface area contributed by atoms with Crippen LogP contribution in [0.5, 0.6) is 5.75 Å². The highest BCUT2D eigenvalue weighted by molar-refractivity contribution is 6.07. The molecule has 0 aliphatic carbocycles. The van der Waals surface area contributed by atoms with E-state index >= 15 is 0 Å². The molecule has 2 aromatic carbocycles. The van der Waals surface area contributed by atoms with Gasteiger partial charge in [0, 0.05) is 11.6 Å². The second-order valence-corrected chi connectivity index (χ2v) is 4.80. The van der Waals surface area contributed by atoms with E-state index in [4.69, 9.17) is 9.84 Å². The number of halogens is 1. The molecular weight excluding hydrogens is 289 g/mol. The Hall–Kier alpha value is -2.89. The highest BCUT2D eigenvalue weighted by atomic mass is 19.1. The molecule has 0 aromatic heterocycles. The second kappa shape index (κ2) is 5.48. The number of amides is 1. The zero-order valence-electron chi connectivity index (χ0n) is 11.5. The number of nitrogens with zero attached hydrogens (tertiary/aromatic N) is 1. The van der Waals surface area contributed by atoms with Gasteiger partial charge in [-0.15, -0.1) is 0 Å². The van der Waals surface area contributed by atoms with Gasteiger partial charge in [-0.3, -0.25) is 4.79 Å². The Balaban J connectivity index is 1.92. The van der Waals surface area contributed by atoms with Crippen LogP contribution in [0.15, 0.2) is 42.5 Å². The number of carbonyl (C=O) groups is 2. The number of benzene rings is 2. The number of fused-ring (bicyclic) bond motifs is 1. The number of carboxylic acid groups (broad SMARTS) is 1. The van der Waals surface area contributed by atoms with Crippen molar-refractivity contribution in [3.05, 3.63) is 59.4 Å². The fourth-order valence-corrected chi connectivity index (χ4v) is 2.32. The summed E-state index contributed by atoms with van der Waals surface area (Å²) in [6.07, 6.45) is 0. The molecule has 0 fully saturated rings. The van der Waals surface area contributed by atoms with Gasteiger partial charge >= 0.3 is 5.97 Å². The highest BCUT2D eigenvalue weighted by Gasteiger charge is 2.25. The molecule has 1 heterocycles. The van der Waals surface area contributed by atoms with Gasteiger partial charge in [0.2, 0.25) is 0 Å². The highest BCUT2D eigenvalue weighted by Crippen LogP contribution is 2.33. The summed E-state index contributed by atoms with van der Waals surface area (Å²) >= 11 is 0. The lowest BCUT2D eigenvalue weighted by atomic mass is 10.1. The number of rotatable bonds is 2. The molecule has 3 rings (SSSR count). The van der Waals surface area contributed by atoms with Crippen LogP contribution < -0.4 is 9.64 Å². The molecule has 0 bridgehead atoms. The fraction of sp³-hybridized carbons (Fsp3) is 0.125. The first-order valence-electron chi connectivity index (χ1n) is 6.64. The van der Waals surface area contributed by atoms with Gasteiger partial charge in [0.15, 0.2) is 0 Å².